The van der Waals surface area contributed by atoms with Gasteiger partial charge in [-0.3, -0.25) is 4.68 Å². The number of hydrogen-bond acceptors (Lipinski definition) is 4. The Hall–Kier alpha value is -0.880. The van der Waals surface area contributed by atoms with E-state index in [9.17, 15) is 8.42 Å². The molecule has 2 N–H and O–H groups in total. The van der Waals surface area contributed by atoms with Crippen LogP contribution in [0.15, 0.2) is 0 Å². The molecule has 1 aromatic rings. The second kappa shape index (κ2) is 6.52. The minimum Gasteiger partial charge on any atom is -0.324 e. The molecule has 0 spiro atoms. The first-order valence-corrected chi connectivity index (χ1v) is 8.87. The lowest BCUT2D eigenvalue weighted by atomic mass is 10.0. The average molecular weight is 287 g/mol. The van der Waals surface area contributed by atoms with Crippen LogP contribution in [0.1, 0.15) is 50.2 Å². The second-order valence-electron chi connectivity index (χ2n) is 5.01. The third-order valence-electron chi connectivity index (χ3n) is 3.18. The zero-order chi connectivity index (χ0) is 14.6. The summed E-state index contributed by atoms with van der Waals surface area (Å²) in [7, 11) is -2.90. The molecule has 0 saturated carbocycles. The zero-order valence-corrected chi connectivity index (χ0v) is 13.1. The molecule has 0 bridgehead atoms. The second-order valence-corrected chi connectivity index (χ2v) is 7.27. The molecule has 0 aliphatic rings. The maximum atomic E-state index is 11.2. The molecule has 0 aromatic carbocycles. The van der Waals surface area contributed by atoms with Gasteiger partial charge in [0.15, 0.2) is 0 Å². The first-order valence-electron chi connectivity index (χ1n) is 6.81. The number of rotatable bonds is 7. The predicted octanol–water partition coefficient (Wildman–Crippen LogP) is 1.46. The van der Waals surface area contributed by atoms with Gasteiger partial charge in [-0.25, -0.2) is 8.42 Å². The molecule has 0 aliphatic carbocycles. The summed E-state index contributed by atoms with van der Waals surface area (Å²) < 4.78 is 24.3. The SMILES string of the molecule is CCc1nn(CCCS(C)(=O)=O)c(CC)c1C(C)N. The predicted molar refractivity (Wildman–Crippen MR) is 77.9 cm³/mol. The van der Waals surface area contributed by atoms with Gasteiger partial charge < -0.3 is 5.73 Å². The quantitative estimate of drug-likeness (QED) is 0.823. The van der Waals surface area contributed by atoms with Crippen molar-refractivity contribution in [2.45, 2.75) is 52.6 Å². The van der Waals surface area contributed by atoms with Gasteiger partial charge in [0.1, 0.15) is 9.84 Å². The van der Waals surface area contributed by atoms with Gasteiger partial charge in [0.2, 0.25) is 0 Å². The van der Waals surface area contributed by atoms with Crippen LogP contribution in [0.4, 0.5) is 0 Å². The average Bonchev–Trinajstić information content (AvgIpc) is 2.65. The van der Waals surface area contributed by atoms with E-state index in [4.69, 9.17) is 5.73 Å². The number of nitrogens with zero attached hydrogens (tertiary/aromatic N) is 2. The molecule has 19 heavy (non-hydrogen) atoms. The monoisotopic (exact) mass is 287 g/mol. The number of sulfone groups is 1. The maximum Gasteiger partial charge on any atom is 0.147 e. The van der Waals surface area contributed by atoms with E-state index in [2.05, 4.69) is 18.9 Å². The van der Waals surface area contributed by atoms with Crippen molar-refractivity contribution in [1.82, 2.24) is 9.78 Å². The Morgan fingerprint density at radius 1 is 1.32 bits per heavy atom. The highest BCUT2D eigenvalue weighted by atomic mass is 32.2. The summed E-state index contributed by atoms with van der Waals surface area (Å²) in [4.78, 5) is 0. The molecule has 0 aliphatic heterocycles. The van der Waals surface area contributed by atoms with Gasteiger partial charge in [-0.1, -0.05) is 13.8 Å². The summed E-state index contributed by atoms with van der Waals surface area (Å²) in [6.45, 7) is 6.75. The van der Waals surface area contributed by atoms with Crippen LogP contribution in [0.3, 0.4) is 0 Å². The molecule has 0 amide bonds. The molecule has 0 radical (unpaired) electrons. The van der Waals surface area contributed by atoms with Gasteiger partial charge in [0.05, 0.1) is 11.4 Å². The highest BCUT2D eigenvalue weighted by Gasteiger charge is 2.18. The van der Waals surface area contributed by atoms with Crippen LogP contribution in [-0.4, -0.2) is 30.2 Å². The fourth-order valence-corrected chi connectivity index (χ4v) is 3.04. The third-order valence-corrected chi connectivity index (χ3v) is 4.22. The first kappa shape index (κ1) is 16.2. The number of hydrogen-bond donors (Lipinski definition) is 1. The Kier molecular flexibility index (Phi) is 5.55. The minimum absolute atomic E-state index is 0.0337. The Balaban J connectivity index is 2.95. The third kappa shape index (κ3) is 4.31. The topological polar surface area (TPSA) is 78.0 Å². The van der Waals surface area contributed by atoms with Crippen LogP contribution in [-0.2, 0) is 29.2 Å². The highest BCUT2D eigenvalue weighted by molar-refractivity contribution is 7.90. The fraction of sp³-hybridized carbons (Fsp3) is 0.769. The van der Waals surface area contributed by atoms with Gasteiger partial charge in [0, 0.05) is 30.1 Å². The van der Waals surface area contributed by atoms with E-state index in [0.29, 0.717) is 13.0 Å². The van der Waals surface area contributed by atoms with Crippen LogP contribution < -0.4 is 5.73 Å². The van der Waals surface area contributed by atoms with Crippen molar-refractivity contribution >= 4 is 9.84 Å². The standard InChI is InChI=1S/C13H25N3O2S/c1-5-11-13(10(3)14)12(6-2)16(15-11)8-7-9-19(4,17)18/h10H,5-9,14H2,1-4H3. The van der Waals surface area contributed by atoms with E-state index < -0.39 is 9.84 Å². The van der Waals surface area contributed by atoms with Crippen molar-refractivity contribution in [1.29, 1.82) is 0 Å². The summed E-state index contributed by atoms with van der Waals surface area (Å²) in [5.74, 6) is 0.199. The van der Waals surface area contributed by atoms with Crippen molar-refractivity contribution < 1.29 is 8.42 Å². The summed E-state index contributed by atoms with van der Waals surface area (Å²) >= 11 is 0. The van der Waals surface area contributed by atoms with E-state index in [1.54, 1.807) is 0 Å². The molecular formula is C13H25N3O2S. The molecule has 5 nitrogen and oxygen atoms in total. The molecule has 110 valence electrons. The summed E-state index contributed by atoms with van der Waals surface area (Å²) in [6, 6.07) is -0.0337. The number of aromatic nitrogens is 2. The molecule has 1 unspecified atom stereocenters. The van der Waals surface area contributed by atoms with Crippen molar-refractivity contribution in [3.8, 4) is 0 Å². The molecule has 1 aromatic heterocycles. The van der Waals surface area contributed by atoms with E-state index in [0.717, 1.165) is 29.8 Å². The highest BCUT2D eigenvalue weighted by Crippen LogP contribution is 2.22. The maximum absolute atomic E-state index is 11.2. The fourth-order valence-electron chi connectivity index (χ4n) is 2.39. The Morgan fingerprint density at radius 2 is 1.95 bits per heavy atom. The zero-order valence-electron chi connectivity index (χ0n) is 12.3. The van der Waals surface area contributed by atoms with Crippen LogP contribution in [0.25, 0.3) is 0 Å². The normalized spacial score (nSPS) is 13.7. The van der Waals surface area contributed by atoms with Crippen LogP contribution in [0, 0.1) is 0 Å². The van der Waals surface area contributed by atoms with E-state index in [1.807, 2.05) is 11.6 Å². The van der Waals surface area contributed by atoms with E-state index in [-0.39, 0.29) is 11.8 Å². The first-order chi connectivity index (χ1) is 8.80. The van der Waals surface area contributed by atoms with Gasteiger partial charge in [-0.05, 0) is 26.2 Å². The Bertz CT molecular complexity index is 518. The molecule has 0 fully saturated rings. The molecule has 0 saturated heterocycles. The van der Waals surface area contributed by atoms with Gasteiger partial charge in [0.25, 0.3) is 0 Å². The van der Waals surface area contributed by atoms with E-state index in [1.165, 1.54) is 6.26 Å². The molecular weight excluding hydrogens is 262 g/mol. The molecule has 6 heteroatoms. The Labute approximate surface area is 116 Å². The minimum atomic E-state index is -2.90. The lowest BCUT2D eigenvalue weighted by Crippen LogP contribution is -2.12. The van der Waals surface area contributed by atoms with E-state index >= 15 is 0 Å². The summed E-state index contributed by atoms with van der Waals surface area (Å²) in [5, 5.41) is 4.58. The van der Waals surface area contributed by atoms with Gasteiger partial charge in [-0.15, -0.1) is 0 Å². The van der Waals surface area contributed by atoms with Crippen LogP contribution in [0.2, 0.25) is 0 Å². The van der Waals surface area contributed by atoms with Crippen molar-refractivity contribution in [3.05, 3.63) is 17.0 Å². The molecule has 1 rings (SSSR count). The molecule has 1 atom stereocenters. The van der Waals surface area contributed by atoms with Crippen molar-refractivity contribution in [2.24, 2.45) is 5.73 Å². The lowest BCUT2D eigenvalue weighted by Gasteiger charge is -2.10. The van der Waals surface area contributed by atoms with Crippen LogP contribution in [0.5, 0.6) is 0 Å². The van der Waals surface area contributed by atoms with Gasteiger partial charge in [-0.2, -0.15) is 5.10 Å². The largest absolute Gasteiger partial charge is 0.324 e. The summed E-state index contributed by atoms with van der Waals surface area (Å²) in [6.07, 6.45) is 3.57. The van der Waals surface area contributed by atoms with Gasteiger partial charge >= 0.3 is 0 Å². The van der Waals surface area contributed by atoms with Crippen molar-refractivity contribution in [2.75, 3.05) is 12.0 Å². The Morgan fingerprint density at radius 3 is 2.37 bits per heavy atom. The van der Waals surface area contributed by atoms with Crippen molar-refractivity contribution in [3.63, 3.8) is 0 Å². The lowest BCUT2D eigenvalue weighted by molar-refractivity contribution is 0.558. The van der Waals surface area contributed by atoms with Crippen LogP contribution >= 0.6 is 0 Å². The smallest absolute Gasteiger partial charge is 0.147 e. The number of aryl methyl sites for hydroxylation is 2. The molecule has 1 heterocycles. The summed E-state index contributed by atoms with van der Waals surface area (Å²) in [5.41, 5.74) is 9.33. The number of nitrogens with two attached hydrogens (primary N) is 1.